The monoisotopic (exact) mass is 256 g/mol. The molecule has 0 bridgehead atoms. The lowest BCUT2D eigenvalue weighted by Gasteiger charge is -2.18. The summed E-state index contributed by atoms with van der Waals surface area (Å²) in [6.45, 7) is 1.01. The first-order valence-electron chi connectivity index (χ1n) is 6.47. The van der Waals surface area contributed by atoms with Crippen LogP contribution in [0.25, 0.3) is 0 Å². The smallest absolute Gasteiger partial charge is 0.168 e. The van der Waals surface area contributed by atoms with Crippen molar-refractivity contribution >= 4 is 11.5 Å². The summed E-state index contributed by atoms with van der Waals surface area (Å²) in [6, 6.07) is 5.88. The van der Waals surface area contributed by atoms with Gasteiger partial charge >= 0.3 is 0 Å². The van der Waals surface area contributed by atoms with Crippen LogP contribution < -0.4 is 5.32 Å². The molecular weight excluding hydrogens is 240 g/mol. The highest BCUT2D eigenvalue weighted by Gasteiger charge is 2.14. The fraction of sp³-hybridized carbons (Fsp3) is 0.357. The number of carbonyl (C=O) groups is 1. The summed E-state index contributed by atoms with van der Waals surface area (Å²) in [4.78, 5) is 12.2. The first kappa shape index (κ1) is 11.9. The largest absolute Gasteiger partial charge is 0.385 e. The molecule has 3 rings (SSSR count). The van der Waals surface area contributed by atoms with E-state index in [2.05, 4.69) is 15.6 Å². The van der Waals surface area contributed by atoms with Gasteiger partial charge in [-0.05, 0) is 36.6 Å². The molecule has 98 valence electrons. The van der Waals surface area contributed by atoms with Crippen LogP contribution in [0.4, 0.5) is 5.69 Å². The summed E-state index contributed by atoms with van der Waals surface area (Å²) < 4.78 is 1.61. The number of nitrogens with one attached hydrogen (secondary N) is 1. The molecule has 0 radical (unpaired) electrons. The number of hydrogen-bond donors (Lipinski definition) is 1. The van der Waals surface area contributed by atoms with Gasteiger partial charge in [0.1, 0.15) is 0 Å². The van der Waals surface area contributed by atoms with E-state index in [1.54, 1.807) is 17.9 Å². The molecule has 1 aromatic carbocycles. The van der Waals surface area contributed by atoms with Crippen molar-refractivity contribution in [3.63, 3.8) is 0 Å². The summed E-state index contributed by atoms with van der Waals surface area (Å²) >= 11 is 0. The van der Waals surface area contributed by atoms with Crippen LogP contribution in [0.3, 0.4) is 0 Å². The second-order valence-corrected chi connectivity index (χ2v) is 4.89. The fourth-order valence-electron chi connectivity index (χ4n) is 2.39. The molecule has 1 N–H and O–H groups in total. The molecule has 2 heterocycles. The minimum atomic E-state index is 0.0915. The van der Waals surface area contributed by atoms with E-state index < -0.39 is 0 Å². The van der Waals surface area contributed by atoms with Gasteiger partial charge in [0.25, 0.3) is 0 Å². The van der Waals surface area contributed by atoms with Gasteiger partial charge in [0.05, 0.1) is 12.1 Å². The van der Waals surface area contributed by atoms with Gasteiger partial charge in [-0.15, -0.1) is 5.10 Å². The Hall–Kier alpha value is -2.17. The van der Waals surface area contributed by atoms with Crippen LogP contribution in [0.2, 0.25) is 0 Å². The van der Waals surface area contributed by atoms with E-state index >= 15 is 0 Å². The van der Waals surface area contributed by atoms with Crippen molar-refractivity contribution in [2.24, 2.45) is 7.05 Å². The normalized spacial score (nSPS) is 13.7. The summed E-state index contributed by atoms with van der Waals surface area (Å²) in [6.07, 6.45) is 4.24. The van der Waals surface area contributed by atoms with Crippen molar-refractivity contribution in [3.05, 3.63) is 41.2 Å². The summed E-state index contributed by atoms with van der Waals surface area (Å²) in [5, 5.41) is 11.1. The van der Waals surface area contributed by atoms with Gasteiger partial charge < -0.3 is 5.32 Å². The molecule has 5 nitrogen and oxygen atoms in total. The van der Waals surface area contributed by atoms with Gasteiger partial charge in [0.15, 0.2) is 5.78 Å². The molecule has 0 atom stereocenters. The third-order valence-electron chi connectivity index (χ3n) is 3.36. The van der Waals surface area contributed by atoms with E-state index in [-0.39, 0.29) is 5.78 Å². The number of carbonyl (C=O) groups excluding carboxylic acids is 1. The maximum atomic E-state index is 12.2. The molecule has 5 heteroatoms. The van der Waals surface area contributed by atoms with Gasteiger partial charge in [-0.2, -0.15) is 0 Å². The van der Waals surface area contributed by atoms with Gasteiger partial charge in [-0.1, -0.05) is 5.21 Å². The number of fused-ring (bicyclic) bond motifs is 1. The minimum absolute atomic E-state index is 0.0915. The number of benzene rings is 1. The van der Waals surface area contributed by atoms with Crippen LogP contribution in [0.1, 0.15) is 28.0 Å². The van der Waals surface area contributed by atoms with E-state index in [9.17, 15) is 4.79 Å². The van der Waals surface area contributed by atoms with Crippen molar-refractivity contribution in [1.29, 1.82) is 0 Å². The molecule has 19 heavy (non-hydrogen) atoms. The number of anilines is 1. The zero-order valence-electron chi connectivity index (χ0n) is 10.9. The third-order valence-corrected chi connectivity index (χ3v) is 3.36. The van der Waals surface area contributed by atoms with Crippen LogP contribution >= 0.6 is 0 Å². The zero-order valence-corrected chi connectivity index (χ0v) is 10.9. The fourth-order valence-corrected chi connectivity index (χ4v) is 2.39. The Bertz CT molecular complexity index is 618. The topological polar surface area (TPSA) is 59.8 Å². The molecule has 0 saturated carbocycles. The molecule has 1 aromatic heterocycles. The highest BCUT2D eigenvalue weighted by atomic mass is 16.1. The van der Waals surface area contributed by atoms with Crippen LogP contribution in [-0.2, 0) is 19.9 Å². The first-order chi connectivity index (χ1) is 9.22. The molecule has 1 aliphatic rings. The maximum Gasteiger partial charge on any atom is 0.168 e. The second kappa shape index (κ2) is 4.84. The summed E-state index contributed by atoms with van der Waals surface area (Å²) in [5.74, 6) is 0.0915. The SMILES string of the molecule is Cn1cc(CC(=O)c2ccc3c(c2)CCCN3)nn1. The van der Waals surface area contributed by atoms with Gasteiger partial charge in [-0.25, -0.2) is 0 Å². The number of hydrogen-bond acceptors (Lipinski definition) is 4. The Morgan fingerprint density at radius 2 is 2.37 bits per heavy atom. The summed E-state index contributed by atoms with van der Waals surface area (Å²) in [5.41, 5.74) is 3.86. The van der Waals surface area contributed by atoms with E-state index in [4.69, 9.17) is 0 Å². The predicted octanol–water partition coefficient (Wildman–Crippen LogP) is 1.60. The van der Waals surface area contributed by atoms with E-state index in [1.807, 2.05) is 18.2 Å². The van der Waals surface area contributed by atoms with E-state index in [1.165, 1.54) is 5.56 Å². The Morgan fingerprint density at radius 1 is 1.47 bits per heavy atom. The molecular formula is C14H16N4O. The number of rotatable bonds is 3. The Morgan fingerprint density at radius 3 is 3.16 bits per heavy atom. The van der Waals surface area contributed by atoms with Crippen molar-refractivity contribution in [1.82, 2.24) is 15.0 Å². The highest BCUT2D eigenvalue weighted by molar-refractivity contribution is 5.97. The van der Waals surface area contributed by atoms with Crippen LogP contribution in [0.15, 0.2) is 24.4 Å². The lowest BCUT2D eigenvalue weighted by atomic mass is 9.98. The lowest BCUT2D eigenvalue weighted by molar-refractivity contribution is 0.0992. The first-order valence-corrected chi connectivity index (χ1v) is 6.47. The Labute approximate surface area is 111 Å². The quantitative estimate of drug-likeness (QED) is 0.847. The highest BCUT2D eigenvalue weighted by Crippen LogP contribution is 2.23. The maximum absolute atomic E-state index is 12.2. The standard InChI is InChI=1S/C14H16N4O/c1-18-9-12(16-17-18)8-14(19)11-4-5-13-10(7-11)3-2-6-15-13/h4-5,7,9,15H,2-3,6,8H2,1H3. The molecule has 0 fully saturated rings. The van der Waals surface area contributed by atoms with Crippen molar-refractivity contribution in [3.8, 4) is 0 Å². The van der Waals surface area contributed by atoms with E-state index in [0.29, 0.717) is 12.1 Å². The van der Waals surface area contributed by atoms with Crippen molar-refractivity contribution in [2.45, 2.75) is 19.3 Å². The van der Waals surface area contributed by atoms with E-state index in [0.717, 1.165) is 30.6 Å². The average molecular weight is 256 g/mol. The number of aromatic nitrogens is 3. The lowest BCUT2D eigenvalue weighted by Crippen LogP contribution is -2.13. The molecule has 1 aliphatic heterocycles. The number of Topliss-reactive ketones (excluding diaryl/α,β-unsaturated/α-hetero) is 1. The Kier molecular flexibility index (Phi) is 3.03. The minimum Gasteiger partial charge on any atom is -0.385 e. The second-order valence-electron chi connectivity index (χ2n) is 4.89. The number of nitrogens with zero attached hydrogens (tertiary/aromatic N) is 3. The van der Waals surface area contributed by atoms with Crippen molar-refractivity contribution in [2.75, 3.05) is 11.9 Å². The average Bonchev–Trinajstić information content (AvgIpc) is 2.83. The number of aryl methyl sites for hydroxylation is 2. The van der Waals surface area contributed by atoms with Crippen LogP contribution in [0.5, 0.6) is 0 Å². The molecule has 2 aromatic rings. The van der Waals surface area contributed by atoms with Crippen LogP contribution in [-0.4, -0.2) is 27.3 Å². The number of ketones is 1. The van der Waals surface area contributed by atoms with Crippen molar-refractivity contribution < 1.29 is 4.79 Å². The Balaban J connectivity index is 1.80. The molecule has 0 spiro atoms. The predicted molar refractivity (Wildman–Crippen MR) is 72.3 cm³/mol. The van der Waals surface area contributed by atoms with Gasteiger partial charge in [0.2, 0.25) is 0 Å². The molecule has 0 unspecified atom stereocenters. The van der Waals surface area contributed by atoms with Crippen LogP contribution in [0, 0.1) is 0 Å². The third kappa shape index (κ3) is 2.50. The zero-order chi connectivity index (χ0) is 13.2. The molecule has 0 aliphatic carbocycles. The van der Waals surface area contributed by atoms with Gasteiger partial charge in [0, 0.05) is 31.0 Å². The molecule has 0 amide bonds. The van der Waals surface area contributed by atoms with Gasteiger partial charge in [-0.3, -0.25) is 9.48 Å². The summed E-state index contributed by atoms with van der Waals surface area (Å²) in [7, 11) is 1.80. The molecule has 0 saturated heterocycles.